The minimum absolute atomic E-state index is 0.192. The average molecular weight is 290 g/mol. The normalized spacial score (nSPS) is 11.0. The van der Waals surface area contributed by atoms with E-state index in [1.165, 1.54) is 30.4 Å². The Bertz CT molecular complexity index is 652. The molecule has 0 fully saturated rings. The molecule has 0 atom stereocenters. The minimum Gasteiger partial charge on any atom is -0.504 e. The first-order valence-electron chi connectivity index (χ1n) is 6.11. The second-order valence-corrected chi connectivity index (χ2v) is 4.17. The number of allylic oxidation sites excluding steroid dienone is 1. The quantitative estimate of drug-likeness (QED) is 0.671. The molecule has 0 radical (unpaired) electrons. The molecule has 0 aliphatic heterocycles. The third-order valence-electron chi connectivity index (χ3n) is 2.68. The maximum Gasteiger partial charge on any atom is 0.387 e. The second-order valence-electron chi connectivity index (χ2n) is 4.17. The van der Waals surface area contributed by atoms with Gasteiger partial charge in [-0.3, -0.25) is 4.79 Å². The first-order chi connectivity index (χ1) is 10.1. The Morgan fingerprint density at radius 3 is 2.48 bits per heavy atom. The molecule has 2 aromatic rings. The summed E-state index contributed by atoms with van der Waals surface area (Å²) in [6.45, 7) is -3.00. The number of ketones is 1. The predicted molar refractivity (Wildman–Crippen MR) is 74.5 cm³/mol. The molecule has 2 aromatic carbocycles. The summed E-state index contributed by atoms with van der Waals surface area (Å²) in [4.78, 5) is 11.8. The number of hydrogen-bond donors (Lipinski definition) is 1. The van der Waals surface area contributed by atoms with Crippen LogP contribution in [-0.4, -0.2) is 17.5 Å². The van der Waals surface area contributed by atoms with E-state index in [1.807, 2.05) is 0 Å². The predicted octanol–water partition coefficient (Wildman–Crippen LogP) is 3.89. The van der Waals surface area contributed by atoms with Gasteiger partial charge in [-0.05, 0) is 23.8 Å². The van der Waals surface area contributed by atoms with Crippen LogP contribution in [0.2, 0.25) is 0 Å². The molecule has 1 N–H and O–H groups in total. The van der Waals surface area contributed by atoms with Crippen LogP contribution < -0.4 is 4.74 Å². The Morgan fingerprint density at radius 2 is 1.86 bits per heavy atom. The van der Waals surface area contributed by atoms with E-state index in [0.29, 0.717) is 11.1 Å². The van der Waals surface area contributed by atoms with Gasteiger partial charge in [-0.1, -0.05) is 42.5 Å². The van der Waals surface area contributed by atoms with Gasteiger partial charge in [0.1, 0.15) is 0 Å². The third-order valence-corrected chi connectivity index (χ3v) is 2.68. The molecular weight excluding hydrogens is 278 g/mol. The van der Waals surface area contributed by atoms with Gasteiger partial charge in [0.15, 0.2) is 17.3 Å². The van der Waals surface area contributed by atoms with E-state index in [2.05, 4.69) is 4.74 Å². The molecule has 21 heavy (non-hydrogen) atoms. The Morgan fingerprint density at radius 1 is 1.14 bits per heavy atom. The number of benzene rings is 2. The van der Waals surface area contributed by atoms with Crippen LogP contribution in [0.25, 0.3) is 6.08 Å². The maximum atomic E-state index is 12.1. The average Bonchev–Trinajstić information content (AvgIpc) is 2.48. The standard InChI is InChI=1S/C16H12F2O3/c17-16(18)21-15-9-7-11(10-14(15)20)6-8-13(19)12-4-2-1-3-5-12/h1-10,16,20H/b8-6+. The SMILES string of the molecule is O=C(/C=C/c1ccc(OC(F)F)c(O)c1)c1ccccc1. The van der Waals surface area contributed by atoms with E-state index >= 15 is 0 Å². The molecule has 5 heteroatoms. The summed E-state index contributed by atoms with van der Waals surface area (Å²) >= 11 is 0. The van der Waals surface area contributed by atoms with Crippen molar-refractivity contribution in [3.05, 3.63) is 65.7 Å². The zero-order chi connectivity index (χ0) is 15.2. The van der Waals surface area contributed by atoms with Crippen LogP contribution in [0.1, 0.15) is 15.9 Å². The Hall–Kier alpha value is -2.69. The molecule has 0 saturated heterocycles. The smallest absolute Gasteiger partial charge is 0.387 e. The van der Waals surface area contributed by atoms with Crippen molar-refractivity contribution in [1.82, 2.24) is 0 Å². The van der Waals surface area contributed by atoms with Gasteiger partial charge in [0.05, 0.1) is 0 Å². The highest BCUT2D eigenvalue weighted by Gasteiger charge is 2.09. The number of halogens is 2. The Labute approximate surface area is 120 Å². The lowest BCUT2D eigenvalue weighted by molar-refractivity contribution is -0.0512. The summed E-state index contributed by atoms with van der Waals surface area (Å²) in [5, 5.41) is 9.55. The van der Waals surface area contributed by atoms with Crippen molar-refractivity contribution in [1.29, 1.82) is 0 Å². The first kappa shape index (κ1) is 14.7. The zero-order valence-electron chi connectivity index (χ0n) is 10.9. The number of carbonyl (C=O) groups is 1. The fraction of sp³-hybridized carbons (Fsp3) is 0.0625. The number of aromatic hydroxyl groups is 1. The van der Waals surface area contributed by atoms with Crippen LogP contribution in [0.15, 0.2) is 54.6 Å². The molecule has 0 spiro atoms. The Balaban J connectivity index is 2.11. The van der Waals surface area contributed by atoms with E-state index < -0.39 is 12.4 Å². The fourth-order valence-electron chi connectivity index (χ4n) is 1.70. The van der Waals surface area contributed by atoms with Gasteiger partial charge >= 0.3 is 6.61 Å². The van der Waals surface area contributed by atoms with Gasteiger partial charge in [-0.15, -0.1) is 0 Å². The van der Waals surface area contributed by atoms with Gasteiger partial charge in [0, 0.05) is 5.56 Å². The summed E-state index contributed by atoms with van der Waals surface area (Å²) in [5.74, 6) is -0.913. The molecule has 0 aliphatic carbocycles. The fourth-order valence-corrected chi connectivity index (χ4v) is 1.70. The van der Waals surface area contributed by atoms with Crippen molar-refractivity contribution in [3.63, 3.8) is 0 Å². The highest BCUT2D eigenvalue weighted by atomic mass is 19.3. The first-order valence-corrected chi connectivity index (χ1v) is 6.11. The lowest BCUT2D eigenvalue weighted by Gasteiger charge is -2.06. The number of phenolic OH excluding ortho intramolecular Hbond substituents is 1. The number of hydrogen-bond acceptors (Lipinski definition) is 3. The van der Waals surface area contributed by atoms with Crippen LogP contribution in [-0.2, 0) is 0 Å². The Kier molecular flexibility index (Phi) is 4.66. The van der Waals surface area contributed by atoms with Crippen molar-refractivity contribution < 1.29 is 23.4 Å². The number of alkyl halides is 2. The van der Waals surface area contributed by atoms with Crippen molar-refractivity contribution in [3.8, 4) is 11.5 Å². The molecule has 0 aromatic heterocycles. The van der Waals surface area contributed by atoms with Crippen LogP contribution in [0.5, 0.6) is 11.5 Å². The molecule has 0 unspecified atom stereocenters. The van der Waals surface area contributed by atoms with Crippen molar-refractivity contribution in [2.75, 3.05) is 0 Å². The molecule has 0 bridgehead atoms. The molecule has 0 aliphatic rings. The lowest BCUT2D eigenvalue weighted by atomic mass is 10.1. The molecule has 0 saturated carbocycles. The number of phenols is 1. The maximum absolute atomic E-state index is 12.1. The highest BCUT2D eigenvalue weighted by molar-refractivity contribution is 6.06. The van der Waals surface area contributed by atoms with E-state index in [-0.39, 0.29) is 11.5 Å². The third kappa shape index (κ3) is 4.14. The molecule has 2 rings (SSSR count). The lowest BCUT2D eigenvalue weighted by Crippen LogP contribution is -2.01. The van der Waals surface area contributed by atoms with Crippen molar-refractivity contribution in [2.24, 2.45) is 0 Å². The summed E-state index contributed by atoms with van der Waals surface area (Å²) < 4.78 is 28.2. The largest absolute Gasteiger partial charge is 0.504 e. The van der Waals surface area contributed by atoms with Crippen LogP contribution in [0.3, 0.4) is 0 Å². The molecular formula is C16H12F2O3. The molecule has 108 valence electrons. The van der Waals surface area contributed by atoms with E-state index in [4.69, 9.17) is 0 Å². The van der Waals surface area contributed by atoms with Gasteiger partial charge < -0.3 is 9.84 Å². The van der Waals surface area contributed by atoms with Gasteiger partial charge in [0.25, 0.3) is 0 Å². The van der Waals surface area contributed by atoms with E-state index in [9.17, 15) is 18.7 Å². The van der Waals surface area contributed by atoms with E-state index in [0.717, 1.165) is 0 Å². The molecule has 3 nitrogen and oxygen atoms in total. The monoisotopic (exact) mass is 290 g/mol. The summed E-state index contributed by atoms with van der Waals surface area (Å²) in [6.07, 6.45) is 2.83. The summed E-state index contributed by atoms with van der Waals surface area (Å²) in [7, 11) is 0. The number of carbonyl (C=O) groups excluding carboxylic acids is 1. The minimum atomic E-state index is -3.00. The number of rotatable bonds is 5. The van der Waals surface area contributed by atoms with Crippen LogP contribution in [0, 0.1) is 0 Å². The summed E-state index contributed by atoms with van der Waals surface area (Å²) in [6, 6.07) is 12.6. The highest BCUT2D eigenvalue weighted by Crippen LogP contribution is 2.28. The molecule has 0 amide bonds. The molecule has 0 heterocycles. The van der Waals surface area contributed by atoms with E-state index in [1.54, 1.807) is 30.3 Å². The van der Waals surface area contributed by atoms with Gasteiger partial charge in [-0.25, -0.2) is 0 Å². The van der Waals surface area contributed by atoms with Gasteiger partial charge in [-0.2, -0.15) is 8.78 Å². The zero-order valence-corrected chi connectivity index (χ0v) is 10.9. The topological polar surface area (TPSA) is 46.5 Å². The van der Waals surface area contributed by atoms with Gasteiger partial charge in [0.2, 0.25) is 0 Å². The van der Waals surface area contributed by atoms with Crippen LogP contribution >= 0.6 is 0 Å². The second kappa shape index (κ2) is 6.65. The van der Waals surface area contributed by atoms with Crippen LogP contribution in [0.4, 0.5) is 8.78 Å². The number of ether oxygens (including phenoxy) is 1. The van der Waals surface area contributed by atoms with Crippen molar-refractivity contribution in [2.45, 2.75) is 6.61 Å². The van der Waals surface area contributed by atoms with Crippen molar-refractivity contribution >= 4 is 11.9 Å². The summed E-state index contributed by atoms with van der Waals surface area (Å²) in [5.41, 5.74) is 1.04.